The smallest absolute Gasteiger partial charge is 0.243 e. The van der Waals surface area contributed by atoms with Gasteiger partial charge in [-0.3, -0.25) is 9.59 Å². The summed E-state index contributed by atoms with van der Waals surface area (Å²) in [6.07, 6.45) is 0.295. The molecule has 3 aromatic rings. The molecule has 1 aromatic heterocycles. The summed E-state index contributed by atoms with van der Waals surface area (Å²) in [6.45, 7) is 1.76. The van der Waals surface area contributed by atoms with Gasteiger partial charge in [-0.2, -0.15) is 0 Å². The zero-order valence-corrected chi connectivity index (χ0v) is 19.6. The van der Waals surface area contributed by atoms with Gasteiger partial charge >= 0.3 is 0 Å². The number of hydrogen-bond donors (Lipinski definition) is 3. The highest BCUT2D eigenvalue weighted by Crippen LogP contribution is 2.19. The van der Waals surface area contributed by atoms with E-state index in [-0.39, 0.29) is 18.4 Å². The van der Waals surface area contributed by atoms with Crippen LogP contribution in [0.3, 0.4) is 0 Å². The topological polar surface area (TPSA) is 81.7 Å². The molecule has 7 heteroatoms. The van der Waals surface area contributed by atoms with Crippen molar-refractivity contribution in [2.45, 2.75) is 38.0 Å². The third-order valence-corrected chi connectivity index (χ3v) is 6.46. The predicted octanol–water partition coefficient (Wildman–Crippen LogP) is 2.60. The zero-order valence-electron chi connectivity index (χ0n) is 18.7. The maximum atomic E-state index is 13.4. The molecule has 0 bridgehead atoms. The highest BCUT2D eigenvalue weighted by atomic mass is 32.1. The first-order valence-corrected chi connectivity index (χ1v) is 11.7. The molecule has 3 rings (SSSR count). The lowest BCUT2D eigenvalue weighted by Gasteiger charge is -2.30. The molecule has 0 spiro atoms. The molecule has 0 aliphatic carbocycles. The lowest BCUT2D eigenvalue weighted by atomic mass is 10.00. The van der Waals surface area contributed by atoms with Crippen LogP contribution in [0.15, 0.2) is 60.0 Å². The Morgan fingerprint density at radius 3 is 2.47 bits per heavy atom. The lowest BCUT2D eigenvalue weighted by molar-refractivity contribution is -0.140. The van der Waals surface area contributed by atoms with Crippen LogP contribution >= 0.6 is 11.3 Å². The van der Waals surface area contributed by atoms with Gasteiger partial charge in [0.05, 0.1) is 12.1 Å². The van der Waals surface area contributed by atoms with Gasteiger partial charge in [0, 0.05) is 24.9 Å². The molecular formula is C25H31N3O3S. The van der Waals surface area contributed by atoms with E-state index in [1.54, 1.807) is 32.4 Å². The number of thiophene rings is 1. The van der Waals surface area contributed by atoms with Crippen molar-refractivity contribution in [3.05, 3.63) is 70.4 Å². The molecule has 2 aromatic carbocycles. The Balaban J connectivity index is 1.76. The Labute approximate surface area is 193 Å². The van der Waals surface area contributed by atoms with Crippen LogP contribution in [-0.4, -0.2) is 60.6 Å². The molecule has 170 valence electrons. The summed E-state index contributed by atoms with van der Waals surface area (Å²) < 4.78 is 0. The molecule has 32 heavy (non-hydrogen) atoms. The summed E-state index contributed by atoms with van der Waals surface area (Å²) >= 11 is 1.56. The van der Waals surface area contributed by atoms with Gasteiger partial charge in [0.2, 0.25) is 11.8 Å². The number of likely N-dealkylation sites (N-methyl/N-ethyl adjacent to an activating group) is 2. The predicted molar refractivity (Wildman–Crippen MR) is 130 cm³/mol. The molecule has 1 heterocycles. The second-order valence-electron chi connectivity index (χ2n) is 8.07. The van der Waals surface area contributed by atoms with Gasteiger partial charge in [-0.05, 0) is 48.2 Å². The lowest BCUT2D eigenvalue weighted by Crippen LogP contribution is -2.54. The van der Waals surface area contributed by atoms with Gasteiger partial charge in [-0.1, -0.05) is 48.5 Å². The molecule has 3 atom stereocenters. The van der Waals surface area contributed by atoms with Crippen LogP contribution in [0.2, 0.25) is 0 Å². The molecule has 0 aliphatic heterocycles. The van der Waals surface area contributed by atoms with Crippen molar-refractivity contribution in [1.29, 1.82) is 0 Å². The third-order valence-electron chi connectivity index (χ3n) is 5.56. The summed E-state index contributed by atoms with van der Waals surface area (Å²) in [5.41, 5.74) is 1.05. The normalized spacial score (nSPS) is 14.0. The zero-order chi connectivity index (χ0) is 23.1. The van der Waals surface area contributed by atoms with E-state index < -0.39 is 18.2 Å². The first-order chi connectivity index (χ1) is 15.4. The number of carbonyl (C=O) groups excluding carboxylic acids is 2. The van der Waals surface area contributed by atoms with Crippen molar-refractivity contribution in [2.75, 3.05) is 20.6 Å². The van der Waals surface area contributed by atoms with E-state index in [1.165, 1.54) is 4.90 Å². The van der Waals surface area contributed by atoms with Crippen molar-refractivity contribution in [2.24, 2.45) is 0 Å². The van der Waals surface area contributed by atoms with Crippen LogP contribution < -0.4 is 10.6 Å². The quantitative estimate of drug-likeness (QED) is 0.441. The SMILES string of the molecule is CN[C@H](Cc1ccc2ccccc2c1)C(=O)N(C)[C@H](Cc1cccs1)C(=O)NC[C@H](C)O. The van der Waals surface area contributed by atoms with Gasteiger partial charge in [-0.15, -0.1) is 11.3 Å². The van der Waals surface area contributed by atoms with Crippen molar-refractivity contribution >= 4 is 33.9 Å². The fourth-order valence-electron chi connectivity index (χ4n) is 3.70. The third kappa shape index (κ3) is 6.16. The van der Waals surface area contributed by atoms with E-state index in [1.807, 2.05) is 35.7 Å². The number of carbonyl (C=O) groups is 2. The minimum atomic E-state index is -0.660. The van der Waals surface area contributed by atoms with E-state index >= 15 is 0 Å². The summed E-state index contributed by atoms with van der Waals surface area (Å²) in [5.74, 6) is -0.412. The summed E-state index contributed by atoms with van der Waals surface area (Å²) in [7, 11) is 3.44. The summed E-state index contributed by atoms with van der Waals surface area (Å²) in [6, 6.07) is 17.1. The molecule has 0 saturated heterocycles. The van der Waals surface area contributed by atoms with Gasteiger partial charge < -0.3 is 20.6 Å². The second-order valence-corrected chi connectivity index (χ2v) is 9.10. The van der Waals surface area contributed by atoms with Crippen LogP contribution in [0.25, 0.3) is 10.8 Å². The number of nitrogens with one attached hydrogen (secondary N) is 2. The van der Waals surface area contributed by atoms with Crippen LogP contribution in [-0.2, 0) is 22.4 Å². The number of nitrogens with zero attached hydrogens (tertiary/aromatic N) is 1. The Hall–Kier alpha value is -2.74. The number of fused-ring (bicyclic) bond motifs is 1. The standard InChI is InChI=1S/C25H31N3O3S/c1-17(29)16-27-24(30)23(15-21-9-6-12-32-21)28(3)25(31)22(26-2)14-18-10-11-19-7-4-5-8-20(19)13-18/h4-13,17,22-23,26,29H,14-16H2,1-3H3,(H,27,30)/t17-,22+,23+/m0/s1. The van der Waals surface area contributed by atoms with Crippen LogP contribution in [0, 0.1) is 0 Å². The average Bonchev–Trinajstić information content (AvgIpc) is 3.31. The molecule has 0 saturated carbocycles. The number of rotatable bonds is 10. The van der Waals surface area contributed by atoms with E-state index in [0.29, 0.717) is 12.8 Å². The van der Waals surface area contributed by atoms with Gasteiger partial charge in [0.25, 0.3) is 0 Å². The van der Waals surface area contributed by atoms with E-state index in [4.69, 9.17) is 0 Å². The maximum absolute atomic E-state index is 13.4. The first-order valence-electron chi connectivity index (χ1n) is 10.8. The van der Waals surface area contributed by atoms with Gasteiger partial charge in [-0.25, -0.2) is 0 Å². The average molecular weight is 454 g/mol. The molecule has 6 nitrogen and oxygen atoms in total. The van der Waals surface area contributed by atoms with Crippen molar-refractivity contribution < 1.29 is 14.7 Å². The molecule has 0 fully saturated rings. The second kappa shape index (κ2) is 11.2. The Kier molecular flexibility index (Phi) is 8.39. The summed E-state index contributed by atoms with van der Waals surface area (Å²) in [4.78, 5) is 28.8. The van der Waals surface area contributed by atoms with E-state index in [2.05, 4.69) is 34.9 Å². The molecule has 3 N–H and O–H groups in total. The number of aliphatic hydroxyl groups excluding tert-OH is 1. The monoisotopic (exact) mass is 453 g/mol. The largest absolute Gasteiger partial charge is 0.392 e. The number of amides is 2. The van der Waals surface area contributed by atoms with Crippen LogP contribution in [0.1, 0.15) is 17.4 Å². The Morgan fingerprint density at radius 1 is 1.06 bits per heavy atom. The van der Waals surface area contributed by atoms with Crippen molar-refractivity contribution in [1.82, 2.24) is 15.5 Å². The molecular weight excluding hydrogens is 422 g/mol. The fourth-order valence-corrected chi connectivity index (χ4v) is 4.45. The summed E-state index contributed by atoms with van der Waals surface area (Å²) in [5, 5.41) is 19.7. The number of aliphatic hydroxyl groups is 1. The van der Waals surface area contributed by atoms with Crippen LogP contribution in [0.4, 0.5) is 0 Å². The molecule has 0 radical (unpaired) electrons. The Bertz CT molecular complexity index is 1040. The minimum absolute atomic E-state index is 0.144. The van der Waals surface area contributed by atoms with Crippen molar-refractivity contribution in [3.63, 3.8) is 0 Å². The molecule has 0 unspecified atom stereocenters. The highest BCUT2D eigenvalue weighted by molar-refractivity contribution is 7.09. The van der Waals surface area contributed by atoms with E-state index in [0.717, 1.165) is 21.2 Å². The Morgan fingerprint density at radius 2 is 1.81 bits per heavy atom. The van der Waals surface area contributed by atoms with Gasteiger partial charge in [0.15, 0.2) is 0 Å². The van der Waals surface area contributed by atoms with Crippen LogP contribution in [0.5, 0.6) is 0 Å². The maximum Gasteiger partial charge on any atom is 0.243 e. The minimum Gasteiger partial charge on any atom is -0.392 e. The molecule has 0 aliphatic rings. The molecule has 2 amide bonds. The number of benzene rings is 2. The van der Waals surface area contributed by atoms with E-state index in [9.17, 15) is 14.7 Å². The first kappa shape index (κ1) is 23.9. The fraction of sp³-hybridized carbons (Fsp3) is 0.360. The van der Waals surface area contributed by atoms with Gasteiger partial charge in [0.1, 0.15) is 6.04 Å². The van der Waals surface area contributed by atoms with Crippen molar-refractivity contribution in [3.8, 4) is 0 Å². The number of hydrogen-bond acceptors (Lipinski definition) is 5. The highest BCUT2D eigenvalue weighted by Gasteiger charge is 2.31.